The molecular formula is C20H20ClN3O2S2. The van der Waals surface area contributed by atoms with E-state index < -0.39 is 0 Å². The highest BCUT2D eigenvalue weighted by Gasteiger charge is 2.20. The van der Waals surface area contributed by atoms with Crippen molar-refractivity contribution >= 4 is 61.6 Å². The summed E-state index contributed by atoms with van der Waals surface area (Å²) < 4.78 is 6.39. The lowest BCUT2D eigenvalue weighted by atomic mass is 10.3. The summed E-state index contributed by atoms with van der Waals surface area (Å²) in [5.74, 6) is -0.0724. The van der Waals surface area contributed by atoms with Crippen LogP contribution in [0.1, 0.15) is 4.88 Å². The largest absolute Gasteiger partial charge is 0.379 e. The van der Waals surface area contributed by atoms with Crippen molar-refractivity contribution < 1.29 is 9.53 Å². The summed E-state index contributed by atoms with van der Waals surface area (Å²) in [4.78, 5) is 22.8. The molecule has 1 aromatic carbocycles. The van der Waals surface area contributed by atoms with Crippen LogP contribution >= 0.6 is 34.3 Å². The summed E-state index contributed by atoms with van der Waals surface area (Å²) in [6.45, 7) is 4.61. The summed E-state index contributed by atoms with van der Waals surface area (Å²) in [6, 6.07) is 9.67. The average Bonchev–Trinajstić information content (AvgIpc) is 3.38. The van der Waals surface area contributed by atoms with E-state index in [1.165, 1.54) is 11.3 Å². The molecule has 1 saturated heterocycles. The number of thiophene rings is 1. The zero-order chi connectivity index (χ0) is 19.3. The van der Waals surface area contributed by atoms with E-state index in [0.29, 0.717) is 16.7 Å². The van der Waals surface area contributed by atoms with Gasteiger partial charge in [0.1, 0.15) is 5.52 Å². The summed E-state index contributed by atoms with van der Waals surface area (Å²) in [7, 11) is 0. The zero-order valence-electron chi connectivity index (χ0n) is 15.2. The number of para-hydroxylation sites is 1. The molecule has 0 N–H and O–H groups in total. The molecule has 0 bridgehead atoms. The molecule has 4 rings (SSSR count). The van der Waals surface area contributed by atoms with E-state index in [4.69, 9.17) is 16.3 Å². The van der Waals surface area contributed by atoms with E-state index in [2.05, 4.69) is 9.88 Å². The SMILES string of the molecule is O=C(/C=C/c1cccs1)N(CCN1CCOCC1)c1nc2c(Cl)cccc2s1. The van der Waals surface area contributed by atoms with E-state index in [1.54, 1.807) is 22.3 Å². The molecule has 1 amide bonds. The van der Waals surface area contributed by atoms with Crippen molar-refractivity contribution in [2.45, 2.75) is 0 Å². The standard InChI is InChI=1S/C20H20ClN3O2S2/c21-16-4-1-5-17-19(16)22-20(28-17)24(9-8-23-10-12-26-13-11-23)18(25)7-6-15-3-2-14-27-15/h1-7,14H,8-13H2/b7-6+. The highest BCUT2D eigenvalue weighted by Crippen LogP contribution is 2.33. The van der Waals surface area contributed by atoms with Crippen molar-refractivity contribution in [2.75, 3.05) is 44.3 Å². The second kappa shape index (κ2) is 9.15. The molecule has 3 heterocycles. The molecule has 28 heavy (non-hydrogen) atoms. The number of carbonyl (C=O) groups is 1. The molecule has 0 aliphatic carbocycles. The number of nitrogens with zero attached hydrogens (tertiary/aromatic N) is 3. The number of morpholine rings is 1. The van der Waals surface area contributed by atoms with Crippen LogP contribution in [0.15, 0.2) is 41.8 Å². The maximum atomic E-state index is 13.0. The molecule has 0 radical (unpaired) electrons. The Hall–Kier alpha value is -1.77. The third kappa shape index (κ3) is 4.61. The van der Waals surface area contributed by atoms with Gasteiger partial charge in [-0.1, -0.05) is 35.1 Å². The molecular weight excluding hydrogens is 414 g/mol. The highest BCUT2D eigenvalue weighted by atomic mass is 35.5. The maximum Gasteiger partial charge on any atom is 0.252 e. The number of halogens is 1. The van der Waals surface area contributed by atoms with Gasteiger partial charge in [0.25, 0.3) is 5.91 Å². The molecule has 146 valence electrons. The Morgan fingerprint density at radius 3 is 2.89 bits per heavy atom. The van der Waals surface area contributed by atoms with Crippen molar-refractivity contribution in [3.8, 4) is 0 Å². The van der Waals surface area contributed by atoms with Crippen LogP contribution in [0.2, 0.25) is 5.02 Å². The number of thiazole rings is 1. The first kappa shape index (κ1) is 19.5. The predicted octanol–water partition coefficient (Wildman–Crippen LogP) is 4.39. The van der Waals surface area contributed by atoms with E-state index in [0.717, 1.165) is 47.9 Å². The van der Waals surface area contributed by atoms with Gasteiger partial charge in [-0.25, -0.2) is 4.98 Å². The van der Waals surface area contributed by atoms with E-state index in [-0.39, 0.29) is 5.91 Å². The molecule has 0 saturated carbocycles. The number of anilines is 1. The summed E-state index contributed by atoms with van der Waals surface area (Å²) in [5, 5.41) is 3.28. The quantitative estimate of drug-likeness (QED) is 0.541. The lowest BCUT2D eigenvalue weighted by Gasteiger charge is -2.28. The maximum absolute atomic E-state index is 13.0. The van der Waals surface area contributed by atoms with Gasteiger partial charge in [0, 0.05) is 37.1 Å². The summed E-state index contributed by atoms with van der Waals surface area (Å²) in [5.41, 5.74) is 0.746. The number of benzene rings is 1. The molecule has 3 aromatic rings. The number of carbonyl (C=O) groups excluding carboxylic acids is 1. The molecule has 5 nitrogen and oxygen atoms in total. The fraction of sp³-hybridized carbons (Fsp3) is 0.300. The Balaban J connectivity index is 1.57. The van der Waals surface area contributed by atoms with Gasteiger partial charge in [-0.2, -0.15) is 0 Å². The number of rotatable bonds is 6. The second-order valence-corrected chi connectivity index (χ2v) is 8.77. The summed E-state index contributed by atoms with van der Waals surface area (Å²) >= 11 is 9.39. The van der Waals surface area contributed by atoms with Gasteiger partial charge >= 0.3 is 0 Å². The van der Waals surface area contributed by atoms with E-state index in [1.807, 2.05) is 41.8 Å². The van der Waals surface area contributed by atoms with E-state index >= 15 is 0 Å². The van der Waals surface area contributed by atoms with Crippen molar-refractivity contribution in [3.05, 3.63) is 51.7 Å². The lowest BCUT2D eigenvalue weighted by Crippen LogP contribution is -2.42. The van der Waals surface area contributed by atoms with Crippen LogP contribution in [0.25, 0.3) is 16.3 Å². The number of aromatic nitrogens is 1. The van der Waals surface area contributed by atoms with Gasteiger partial charge in [0.05, 0.1) is 22.9 Å². The number of fused-ring (bicyclic) bond motifs is 1. The molecule has 0 unspecified atom stereocenters. The van der Waals surface area contributed by atoms with Crippen molar-refractivity contribution in [1.29, 1.82) is 0 Å². The highest BCUT2D eigenvalue weighted by molar-refractivity contribution is 7.22. The Labute approximate surface area is 176 Å². The first-order valence-corrected chi connectivity index (χ1v) is 11.2. The van der Waals surface area contributed by atoms with Crippen LogP contribution in [-0.2, 0) is 9.53 Å². The van der Waals surface area contributed by atoms with Crippen LogP contribution < -0.4 is 4.90 Å². The molecule has 1 fully saturated rings. The van der Waals surface area contributed by atoms with Crippen LogP contribution in [0.5, 0.6) is 0 Å². The lowest BCUT2D eigenvalue weighted by molar-refractivity contribution is -0.114. The molecule has 0 atom stereocenters. The normalized spacial score (nSPS) is 15.5. The fourth-order valence-electron chi connectivity index (χ4n) is 3.01. The minimum absolute atomic E-state index is 0.0724. The predicted molar refractivity (Wildman–Crippen MR) is 118 cm³/mol. The number of hydrogen-bond acceptors (Lipinski definition) is 6. The number of amides is 1. The third-order valence-corrected chi connectivity index (χ3v) is 6.72. The molecule has 0 spiro atoms. The second-order valence-electron chi connectivity index (χ2n) is 6.38. The molecule has 1 aliphatic rings. The summed E-state index contributed by atoms with van der Waals surface area (Å²) in [6.07, 6.45) is 3.48. The Kier molecular flexibility index (Phi) is 6.39. The van der Waals surface area contributed by atoms with E-state index in [9.17, 15) is 4.79 Å². The van der Waals surface area contributed by atoms with Gasteiger partial charge in [-0.3, -0.25) is 14.6 Å². The zero-order valence-corrected chi connectivity index (χ0v) is 17.6. The van der Waals surface area contributed by atoms with Crippen molar-refractivity contribution in [1.82, 2.24) is 9.88 Å². The average molecular weight is 434 g/mol. The fourth-order valence-corrected chi connectivity index (χ4v) is 4.93. The van der Waals surface area contributed by atoms with Gasteiger partial charge in [-0.15, -0.1) is 11.3 Å². The molecule has 8 heteroatoms. The number of hydrogen-bond donors (Lipinski definition) is 0. The minimum Gasteiger partial charge on any atom is -0.379 e. The Bertz CT molecular complexity index is 965. The number of ether oxygens (including phenoxy) is 1. The van der Waals surface area contributed by atoms with Crippen molar-refractivity contribution in [2.24, 2.45) is 0 Å². The molecule has 2 aromatic heterocycles. The smallest absolute Gasteiger partial charge is 0.252 e. The van der Waals surface area contributed by atoms with Gasteiger partial charge < -0.3 is 4.74 Å². The van der Waals surface area contributed by atoms with Crippen LogP contribution in [0.4, 0.5) is 5.13 Å². The third-order valence-electron chi connectivity index (χ3n) is 4.53. The minimum atomic E-state index is -0.0724. The topological polar surface area (TPSA) is 45.7 Å². The first-order valence-electron chi connectivity index (χ1n) is 9.09. The van der Waals surface area contributed by atoms with Crippen LogP contribution in [-0.4, -0.2) is 55.2 Å². The van der Waals surface area contributed by atoms with Crippen LogP contribution in [0, 0.1) is 0 Å². The van der Waals surface area contributed by atoms with Crippen molar-refractivity contribution in [3.63, 3.8) is 0 Å². The van der Waals surface area contributed by atoms with Gasteiger partial charge in [-0.05, 0) is 29.7 Å². The Morgan fingerprint density at radius 1 is 1.29 bits per heavy atom. The van der Waals surface area contributed by atoms with Gasteiger partial charge in [0.2, 0.25) is 0 Å². The molecule has 1 aliphatic heterocycles. The van der Waals surface area contributed by atoms with Gasteiger partial charge in [0.15, 0.2) is 5.13 Å². The Morgan fingerprint density at radius 2 is 2.14 bits per heavy atom. The van der Waals surface area contributed by atoms with Crippen LogP contribution in [0.3, 0.4) is 0 Å². The monoisotopic (exact) mass is 433 g/mol. The first-order chi connectivity index (χ1) is 13.7.